The summed E-state index contributed by atoms with van der Waals surface area (Å²) in [4.78, 5) is 22.0. The average molecular weight is 284 g/mol. The fourth-order valence-corrected chi connectivity index (χ4v) is 1.51. The highest BCUT2D eigenvalue weighted by Crippen LogP contribution is 2.07. The van der Waals surface area contributed by atoms with Crippen LogP contribution in [0.2, 0.25) is 0 Å². The molecule has 0 rings (SSSR count). The molecule has 0 unspecified atom stereocenters. The van der Waals surface area contributed by atoms with Crippen molar-refractivity contribution in [1.29, 1.82) is 0 Å². The molecule has 5 nitrogen and oxygen atoms in total. The molecule has 0 heterocycles. The van der Waals surface area contributed by atoms with E-state index in [1.165, 1.54) is 0 Å². The van der Waals surface area contributed by atoms with Crippen LogP contribution in [0.25, 0.3) is 0 Å². The molecule has 108 valence electrons. The minimum absolute atomic E-state index is 0. The zero-order chi connectivity index (χ0) is 13.5. The van der Waals surface area contributed by atoms with Gasteiger partial charge in [-0.25, -0.2) is 0 Å². The number of aliphatic carboxylic acids is 1. The molecule has 1 atom stereocenters. The van der Waals surface area contributed by atoms with Crippen molar-refractivity contribution in [2.24, 2.45) is 0 Å². The molecule has 6 heteroatoms. The van der Waals surface area contributed by atoms with Gasteiger partial charge in [0.2, 0.25) is 0 Å². The summed E-state index contributed by atoms with van der Waals surface area (Å²) in [6.45, 7) is 2.45. The minimum Gasteiger partial charge on any atom is -1.00 e. The Kier molecular flexibility index (Phi) is 9.94. The molecule has 0 saturated carbocycles. The van der Waals surface area contributed by atoms with E-state index in [-0.39, 0.29) is 24.8 Å². The fraction of sp³-hybridized carbons (Fsp3) is 0.833. The normalized spacial score (nSPS) is 12.4. The van der Waals surface area contributed by atoms with Crippen LogP contribution in [0.15, 0.2) is 0 Å². The number of carbonyl (C=O) groups excluding carboxylic acids is 2. The first kappa shape index (κ1) is 19.5. The lowest BCUT2D eigenvalue weighted by molar-refractivity contribution is -0.873. The first-order chi connectivity index (χ1) is 7.74. The summed E-state index contributed by atoms with van der Waals surface area (Å²) in [6.07, 6.45) is 1.17. The summed E-state index contributed by atoms with van der Waals surface area (Å²) in [7, 11) is 5.76. The van der Waals surface area contributed by atoms with E-state index in [1.807, 2.05) is 28.1 Å². The number of ether oxygens (including phenoxy) is 1. The first-order valence-corrected chi connectivity index (χ1v) is 5.94. The SMILES string of the molecule is CCCCC(=O)O[C@H](CC(=O)[O-])C[N+]([13CH3])([13CH3])[13CH3].[Cl-]. The third-order valence-electron chi connectivity index (χ3n) is 2.18. The van der Waals surface area contributed by atoms with Gasteiger partial charge < -0.3 is 31.5 Å². The van der Waals surface area contributed by atoms with E-state index < -0.39 is 12.1 Å². The number of carboxylic acid groups (broad SMARTS) is 1. The molecule has 18 heavy (non-hydrogen) atoms. The van der Waals surface area contributed by atoms with Gasteiger partial charge in [0.1, 0.15) is 6.54 Å². The number of carbonyl (C=O) groups is 2. The molecule has 0 spiro atoms. The van der Waals surface area contributed by atoms with Crippen LogP contribution in [0.3, 0.4) is 0 Å². The van der Waals surface area contributed by atoms with Crippen LogP contribution in [0.4, 0.5) is 0 Å². The molecule has 0 N–H and O–H groups in total. The zero-order valence-electron chi connectivity index (χ0n) is 11.6. The number of hydrogen-bond donors (Lipinski definition) is 0. The molecule has 0 radical (unpaired) electrons. The number of carboxylic acids is 1. The third-order valence-corrected chi connectivity index (χ3v) is 2.18. The van der Waals surface area contributed by atoms with Crippen LogP contribution < -0.4 is 17.5 Å². The maximum atomic E-state index is 11.4. The summed E-state index contributed by atoms with van der Waals surface area (Å²) in [5, 5.41) is 10.6. The molecule has 0 fully saturated rings. The molecular formula is C12H23ClNO4-. The van der Waals surface area contributed by atoms with Crippen LogP contribution in [-0.4, -0.2) is 50.2 Å². The smallest absolute Gasteiger partial charge is 0.306 e. The second kappa shape index (κ2) is 9.16. The molecule has 0 aromatic rings. The first-order valence-electron chi connectivity index (χ1n) is 5.94. The molecule has 0 saturated heterocycles. The lowest BCUT2D eigenvalue weighted by atomic mass is 10.2. The van der Waals surface area contributed by atoms with E-state index in [2.05, 4.69) is 0 Å². The molecule has 0 bridgehead atoms. The molecule has 0 aliphatic heterocycles. The van der Waals surface area contributed by atoms with Crippen molar-refractivity contribution in [3.63, 3.8) is 0 Å². The topological polar surface area (TPSA) is 66.4 Å². The highest BCUT2D eigenvalue weighted by Gasteiger charge is 2.22. The van der Waals surface area contributed by atoms with Crippen LogP contribution in [0, 0.1) is 0 Å². The van der Waals surface area contributed by atoms with Gasteiger partial charge in [0.15, 0.2) is 6.10 Å². The van der Waals surface area contributed by atoms with Gasteiger partial charge in [-0.1, -0.05) is 13.3 Å². The van der Waals surface area contributed by atoms with E-state index >= 15 is 0 Å². The summed E-state index contributed by atoms with van der Waals surface area (Å²) in [6, 6.07) is 0. The second-order valence-corrected chi connectivity index (χ2v) is 5.26. The van der Waals surface area contributed by atoms with Crippen LogP contribution in [0.5, 0.6) is 0 Å². The van der Waals surface area contributed by atoms with E-state index in [4.69, 9.17) is 4.74 Å². The Morgan fingerprint density at radius 2 is 1.83 bits per heavy atom. The molecular weight excluding hydrogens is 261 g/mol. The maximum Gasteiger partial charge on any atom is 0.306 e. The lowest BCUT2D eigenvalue weighted by Crippen LogP contribution is -3.00. The van der Waals surface area contributed by atoms with Gasteiger partial charge in [0, 0.05) is 18.8 Å². The van der Waals surface area contributed by atoms with E-state index in [1.54, 1.807) is 0 Å². The monoisotopic (exact) mass is 283 g/mol. The van der Waals surface area contributed by atoms with Crippen molar-refractivity contribution in [3.05, 3.63) is 0 Å². The Morgan fingerprint density at radius 1 is 1.28 bits per heavy atom. The van der Waals surface area contributed by atoms with Gasteiger partial charge in [-0.2, -0.15) is 0 Å². The quantitative estimate of drug-likeness (QED) is 0.270. The summed E-state index contributed by atoms with van der Waals surface area (Å²) in [5.41, 5.74) is 0. The summed E-state index contributed by atoms with van der Waals surface area (Å²) < 4.78 is 5.70. The number of quaternary nitrogens is 1. The molecule has 0 aliphatic carbocycles. The van der Waals surface area contributed by atoms with Gasteiger partial charge in [-0.3, -0.25) is 4.79 Å². The van der Waals surface area contributed by atoms with Crippen molar-refractivity contribution in [3.8, 4) is 0 Å². The minimum atomic E-state index is -1.19. The van der Waals surface area contributed by atoms with E-state index in [0.29, 0.717) is 17.4 Å². The molecule has 0 aromatic heterocycles. The second-order valence-electron chi connectivity index (χ2n) is 5.26. The largest absolute Gasteiger partial charge is 1.00 e. The Bertz CT molecular complexity index is 263. The Labute approximate surface area is 115 Å². The third kappa shape index (κ3) is 11.7. The van der Waals surface area contributed by atoms with E-state index in [9.17, 15) is 14.7 Å². The predicted octanol–water partition coefficient (Wildman–Crippen LogP) is -3.06. The Morgan fingerprint density at radius 3 is 2.22 bits per heavy atom. The standard InChI is InChI=1S/C12H23NO4.ClH/c1-5-6-7-12(16)17-10(8-11(14)15)9-13(2,3)4;/h10H,5-9H2,1-4H3;1H/p-1/t10-;/m1./s1/i2+1,3+1,4+1;. The highest BCUT2D eigenvalue weighted by molar-refractivity contribution is 5.70. The van der Waals surface area contributed by atoms with Crippen molar-refractivity contribution >= 4 is 11.9 Å². The van der Waals surface area contributed by atoms with Crippen molar-refractivity contribution in [2.75, 3.05) is 27.7 Å². The zero-order valence-corrected chi connectivity index (χ0v) is 12.3. The Balaban J connectivity index is 0. The number of likely N-dealkylation sites (N-methyl/N-ethyl adjacent to an activating group) is 1. The Hall–Kier alpha value is -0.810. The fourth-order valence-electron chi connectivity index (χ4n) is 1.51. The maximum absolute atomic E-state index is 11.4. The number of hydrogen-bond acceptors (Lipinski definition) is 4. The predicted molar refractivity (Wildman–Crippen MR) is 61.9 cm³/mol. The summed E-state index contributed by atoms with van der Waals surface area (Å²) in [5.74, 6) is -1.52. The highest BCUT2D eigenvalue weighted by atomic mass is 35.5. The summed E-state index contributed by atoms with van der Waals surface area (Å²) >= 11 is 0. The van der Waals surface area contributed by atoms with Gasteiger partial charge in [-0.05, 0) is 6.42 Å². The van der Waals surface area contributed by atoms with Crippen molar-refractivity contribution < 1.29 is 36.3 Å². The molecule has 0 aliphatic rings. The van der Waals surface area contributed by atoms with Gasteiger partial charge in [0.25, 0.3) is 0 Å². The number of nitrogens with zero attached hydrogens (tertiary/aromatic N) is 1. The molecule has 0 amide bonds. The van der Waals surface area contributed by atoms with Crippen LogP contribution >= 0.6 is 0 Å². The lowest BCUT2D eigenvalue weighted by Gasteiger charge is -2.29. The van der Waals surface area contributed by atoms with Crippen molar-refractivity contribution in [2.45, 2.75) is 38.7 Å². The number of unbranched alkanes of at least 4 members (excludes halogenated alkanes) is 1. The van der Waals surface area contributed by atoms with E-state index in [0.717, 1.165) is 12.8 Å². The van der Waals surface area contributed by atoms with Gasteiger partial charge >= 0.3 is 5.97 Å². The van der Waals surface area contributed by atoms with Crippen LogP contribution in [-0.2, 0) is 14.3 Å². The molecule has 0 aromatic carbocycles. The van der Waals surface area contributed by atoms with Crippen molar-refractivity contribution in [1.82, 2.24) is 0 Å². The number of halogens is 1. The number of esters is 1. The van der Waals surface area contributed by atoms with Gasteiger partial charge in [0.05, 0.1) is 21.1 Å². The van der Waals surface area contributed by atoms with Gasteiger partial charge in [-0.15, -0.1) is 0 Å². The average Bonchev–Trinajstić information content (AvgIpc) is 2.10. The van der Waals surface area contributed by atoms with Crippen LogP contribution in [0.1, 0.15) is 32.6 Å². The number of rotatable bonds is 8.